The molecule has 0 saturated heterocycles. The molecule has 0 heterocycles. The number of hydrogen-bond acceptors (Lipinski definition) is 4. The van der Waals surface area contributed by atoms with E-state index < -0.39 is 0 Å². The third-order valence-corrected chi connectivity index (χ3v) is 5.62. The van der Waals surface area contributed by atoms with Crippen molar-refractivity contribution in [3.8, 4) is 69.6 Å². The Morgan fingerprint density at radius 2 is 0.844 bits per heavy atom. The van der Waals surface area contributed by atoms with Gasteiger partial charge in [0, 0.05) is 22.3 Å². The zero-order valence-corrected chi connectivity index (χ0v) is 24.5. The van der Waals surface area contributed by atoms with Crippen LogP contribution in [0.3, 0.4) is 0 Å². The highest BCUT2D eigenvalue weighted by Crippen LogP contribution is 2.29. The van der Waals surface area contributed by atoms with E-state index in [1.54, 1.807) is 0 Å². The lowest BCUT2D eigenvalue weighted by atomic mass is 9.95. The van der Waals surface area contributed by atoms with Crippen LogP contribution in [0.1, 0.15) is 22.3 Å². The molecule has 0 unspecified atom stereocenters. The van der Waals surface area contributed by atoms with Gasteiger partial charge in [0.1, 0.15) is 26.2 Å². The summed E-state index contributed by atoms with van der Waals surface area (Å²) >= 11 is 0. The van der Waals surface area contributed by atoms with Crippen LogP contribution in [-0.2, 0) is 0 Å². The van der Waals surface area contributed by atoms with Gasteiger partial charge in [-0.1, -0.05) is 65.6 Å². The summed E-state index contributed by atoms with van der Waals surface area (Å²) in [5.41, 5.74) is 44.6. The highest BCUT2D eigenvalue weighted by Gasteiger charge is 2.07. The fourth-order valence-corrected chi connectivity index (χ4v) is 3.81. The van der Waals surface area contributed by atoms with E-state index in [4.69, 9.17) is 40.1 Å². The predicted octanol–water partition coefficient (Wildman–Crippen LogP) is 0.234. The first-order valence-corrected chi connectivity index (χ1v) is 13.5. The minimum Gasteiger partial charge on any atom is -0.390 e. The lowest BCUT2D eigenvalue weighted by Crippen LogP contribution is -2.22. The Hall–Kier alpha value is -6.82. The summed E-state index contributed by atoms with van der Waals surface area (Å²) in [4.78, 5) is 15.7. The van der Waals surface area contributed by atoms with E-state index in [-0.39, 0.29) is 44.1 Å². The smallest absolute Gasteiger partial charge is 0.186 e. The van der Waals surface area contributed by atoms with E-state index in [1.807, 2.05) is 54.6 Å². The molecule has 45 heavy (non-hydrogen) atoms. The summed E-state index contributed by atoms with van der Waals surface area (Å²) in [6.45, 7) is 0.797. The molecule has 0 atom stereocenters. The zero-order chi connectivity index (χ0) is 32.4. The number of aliphatic imine (C=N–C) groups is 4. The monoisotopic (exact) mass is 595 g/mol. The van der Waals surface area contributed by atoms with Crippen molar-refractivity contribution in [1.82, 2.24) is 0 Å². The van der Waals surface area contributed by atoms with E-state index in [2.05, 4.69) is 73.4 Å². The fraction of sp³-hybridized carbons (Fsp3) is 0.118. The van der Waals surface area contributed by atoms with Crippen LogP contribution >= 0.6 is 0 Å². The van der Waals surface area contributed by atoms with Crippen molar-refractivity contribution in [2.45, 2.75) is 0 Å². The summed E-state index contributed by atoms with van der Waals surface area (Å²) in [6.07, 6.45) is 1.22. The van der Waals surface area contributed by atoms with E-state index in [0.29, 0.717) is 0 Å². The van der Waals surface area contributed by atoms with E-state index in [0.717, 1.165) is 44.5 Å². The van der Waals surface area contributed by atoms with Gasteiger partial charge in [-0.25, -0.2) is 15.0 Å². The van der Waals surface area contributed by atoms with Crippen molar-refractivity contribution in [3.05, 3.63) is 82.9 Å². The number of nitrogens with two attached hydrogens (primary N) is 7. The maximum Gasteiger partial charge on any atom is 0.186 e. The Balaban J connectivity index is 2.09. The molecule has 0 aliphatic carbocycles. The van der Waals surface area contributed by atoms with Gasteiger partial charge in [-0.05, 0) is 64.7 Å². The first-order valence-electron chi connectivity index (χ1n) is 13.5. The SMILES string of the molecule is NC=NCC#Cc1cc(C#CCN=C(N)N)cc(-c2cccc(-c3cc(C#CCN=C(N)N)cc(C#CCN=C(N)N)c3)c2)c1. The molecule has 224 valence electrons. The lowest BCUT2D eigenvalue weighted by Gasteiger charge is -2.09. The van der Waals surface area contributed by atoms with Crippen LogP contribution in [0.5, 0.6) is 0 Å². The Bertz CT molecular complexity index is 1840. The predicted molar refractivity (Wildman–Crippen MR) is 184 cm³/mol. The van der Waals surface area contributed by atoms with Gasteiger partial charge in [0.05, 0.1) is 6.34 Å². The van der Waals surface area contributed by atoms with Crippen molar-refractivity contribution in [1.29, 1.82) is 0 Å². The van der Waals surface area contributed by atoms with Crippen molar-refractivity contribution < 1.29 is 0 Å². The van der Waals surface area contributed by atoms with E-state index in [9.17, 15) is 0 Å². The molecule has 0 amide bonds. The number of benzene rings is 3. The molecule has 0 radical (unpaired) electrons. The number of hydrogen-bond donors (Lipinski definition) is 7. The van der Waals surface area contributed by atoms with Crippen LogP contribution in [-0.4, -0.2) is 50.4 Å². The van der Waals surface area contributed by atoms with Crippen LogP contribution in [0.4, 0.5) is 0 Å². The first kappa shape index (κ1) is 32.7. The fourth-order valence-electron chi connectivity index (χ4n) is 3.81. The van der Waals surface area contributed by atoms with Gasteiger partial charge in [-0.15, -0.1) is 0 Å². The van der Waals surface area contributed by atoms with Gasteiger partial charge in [0.15, 0.2) is 17.9 Å². The van der Waals surface area contributed by atoms with E-state index in [1.165, 1.54) is 6.34 Å². The third kappa shape index (κ3) is 11.9. The van der Waals surface area contributed by atoms with Crippen molar-refractivity contribution in [2.24, 2.45) is 60.1 Å². The molecule has 14 N–H and O–H groups in total. The molecule has 11 heteroatoms. The van der Waals surface area contributed by atoms with Crippen LogP contribution in [0.2, 0.25) is 0 Å². The topological polar surface area (TPSA) is 232 Å². The maximum absolute atomic E-state index is 5.42. The number of rotatable bonds is 6. The summed E-state index contributed by atoms with van der Waals surface area (Å²) in [6, 6.07) is 19.8. The minimum absolute atomic E-state index is 0.0198. The van der Waals surface area contributed by atoms with Gasteiger partial charge in [-0.2, -0.15) is 0 Å². The lowest BCUT2D eigenvalue weighted by molar-refractivity contribution is 1.24. The average molecular weight is 596 g/mol. The van der Waals surface area contributed by atoms with Crippen molar-refractivity contribution in [2.75, 3.05) is 26.2 Å². The second-order valence-electron chi connectivity index (χ2n) is 9.10. The molecule has 0 spiro atoms. The maximum atomic E-state index is 5.42. The van der Waals surface area contributed by atoms with Gasteiger partial charge in [0.2, 0.25) is 0 Å². The Kier molecular flexibility index (Phi) is 12.5. The molecule has 0 aromatic heterocycles. The second kappa shape index (κ2) is 17.2. The van der Waals surface area contributed by atoms with Gasteiger partial charge in [0.25, 0.3) is 0 Å². The Morgan fingerprint density at radius 3 is 1.18 bits per heavy atom. The normalized spacial score (nSPS) is 9.51. The highest BCUT2D eigenvalue weighted by molar-refractivity contribution is 5.78. The Labute approximate surface area is 262 Å². The highest BCUT2D eigenvalue weighted by atomic mass is 15.0. The molecule has 0 bridgehead atoms. The summed E-state index contributed by atoms with van der Waals surface area (Å²) in [7, 11) is 0. The average Bonchev–Trinajstić information content (AvgIpc) is 3.01. The molecular weight excluding hydrogens is 562 g/mol. The van der Waals surface area contributed by atoms with Gasteiger partial charge in [-0.3, -0.25) is 4.99 Å². The Morgan fingerprint density at radius 1 is 0.489 bits per heavy atom. The summed E-state index contributed by atoms with van der Waals surface area (Å²) in [5, 5.41) is 0. The molecule has 0 aliphatic heterocycles. The quantitative estimate of drug-likeness (QED) is 0.119. The molecule has 0 aliphatic rings. The standard InChI is InChI=1S/C34H33N11/c35-23-42-12-2-6-24-16-25(7-3-13-43-32(36)37)19-30(18-24)28-10-1-11-29(22-28)31-20-26(8-4-14-44-33(38)39)17-27(21-31)9-5-15-45-34(40)41/h1,10-11,16-23H,12-15H2,(H2,35,42)(H4,36,37,43)(H4,38,39,44)(H4,40,41,45). The minimum atomic E-state index is -0.0248. The molecule has 3 aromatic rings. The zero-order valence-electron chi connectivity index (χ0n) is 24.5. The molecule has 0 fully saturated rings. The second-order valence-corrected chi connectivity index (χ2v) is 9.10. The molecular formula is C34H33N11. The molecule has 3 aromatic carbocycles. The van der Waals surface area contributed by atoms with Gasteiger partial charge < -0.3 is 40.1 Å². The van der Waals surface area contributed by atoms with Crippen molar-refractivity contribution >= 4 is 24.2 Å². The van der Waals surface area contributed by atoms with Crippen molar-refractivity contribution in [3.63, 3.8) is 0 Å². The largest absolute Gasteiger partial charge is 0.390 e. The van der Waals surface area contributed by atoms with Crippen LogP contribution in [0.15, 0.2) is 80.6 Å². The third-order valence-electron chi connectivity index (χ3n) is 5.62. The summed E-state index contributed by atoms with van der Waals surface area (Å²) in [5.74, 6) is 24.3. The van der Waals surface area contributed by atoms with Crippen LogP contribution < -0.4 is 40.1 Å². The number of guanidine groups is 3. The van der Waals surface area contributed by atoms with Gasteiger partial charge >= 0.3 is 0 Å². The van der Waals surface area contributed by atoms with Crippen LogP contribution in [0.25, 0.3) is 22.3 Å². The summed E-state index contributed by atoms with van der Waals surface area (Å²) < 4.78 is 0. The molecule has 3 rings (SSSR count). The van der Waals surface area contributed by atoms with Crippen LogP contribution in [0, 0.1) is 47.4 Å². The molecule has 11 nitrogen and oxygen atoms in total. The molecule has 0 saturated carbocycles. The number of nitrogens with zero attached hydrogens (tertiary/aromatic N) is 4. The first-order chi connectivity index (χ1) is 21.7. The van der Waals surface area contributed by atoms with E-state index >= 15 is 0 Å².